The van der Waals surface area contributed by atoms with Crippen molar-refractivity contribution in [3.05, 3.63) is 77.9 Å². The van der Waals surface area contributed by atoms with Crippen LogP contribution in [0.3, 0.4) is 0 Å². The van der Waals surface area contributed by atoms with Gasteiger partial charge in [0.2, 0.25) is 5.78 Å². The monoisotopic (exact) mass is 333 g/mol. The molecule has 25 heavy (non-hydrogen) atoms. The summed E-state index contributed by atoms with van der Waals surface area (Å²) in [7, 11) is 0. The van der Waals surface area contributed by atoms with Crippen molar-refractivity contribution in [2.75, 3.05) is 0 Å². The van der Waals surface area contributed by atoms with Gasteiger partial charge in [0.05, 0.1) is 5.71 Å². The molecule has 2 aromatic rings. The van der Waals surface area contributed by atoms with Crippen LogP contribution in [0.4, 0.5) is 0 Å². The molecule has 2 rings (SSSR count). The van der Waals surface area contributed by atoms with Crippen LogP contribution >= 0.6 is 0 Å². The van der Waals surface area contributed by atoms with Gasteiger partial charge in [0.15, 0.2) is 0 Å². The highest BCUT2D eigenvalue weighted by molar-refractivity contribution is 6.44. The average Bonchev–Trinajstić information content (AvgIpc) is 2.65. The lowest BCUT2D eigenvalue weighted by Gasteiger charge is -2.08. The molecule has 2 nitrogen and oxygen atoms in total. The number of carbonyl (C=O) groups excluding carboxylic acids is 1. The van der Waals surface area contributed by atoms with Gasteiger partial charge in [-0.05, 0) is 36.0 Å². The summed E-state index contributed by atoms with van der Waals surface area (Å²) in [5, 5.41) is 7.99. The first-order valence-corrected chi connectivity index (χ1v) is 9.06. The number of nitrogens with one attached hydrogen (secondary N) is 1. The van der Waals surface area contributed by atoms with Crippen LogP contribution in [-0.2, 0) is 6.42 Å². The molecule has 0 amide bonds. The molecule has 0 aromatic heterocycles. The minimum atomic E-state index is -0.156. The van der Waals surface area contributed by atoms with Crippen molar-refractivity contribution in [1.82, 2.24) is 0 Å². The molecule has 0 bridgehead atoms. The highest BCUT2D eigenvalue weighted by atomic mass is 16.1. The van der Waals surface area contributed by atoms with Crippen LogP contribution in [0.1, 0.15) is 60.5 Å². The van der Waals surface area contributed by atoms with E-state index in [-0.39, 0.29) is 11.5 Å². The Morgan fingerprint density at radius 2 is 1.56 bits per heavy atom. The van der Waals surface area contributed by atoms with Gasteiger partial charge in [-0.3, -0.25) is 4.79 Å². The van der Waals surface area contributed by atoms with Crippen LogP contribution in [0.2, 0.25) is 0 Å². The van der Waals surface area contributed by atoms with E-state index in [9.17, 15) is 4.79 Å². The average molecular weight is 333 g/mol. The van der Waals surface area contributed by atoms with E-state index in [0.717, 1.165) is 36.8 Å². The number of hydrogen-bond donors (Lipinski definition) is 1. The number of allylic oxidation sites excluding steroid dienone is 1. The second-order valence-corrected chi connectivity index (χ2v) is 6.46. The minimum Gasteiger partial charge on any atom is -0.301 e. The van der Waals surface area contributed by atoms with E-state index >= 15 is 0 Å². The van der Waals surface area contributed by atoms with Gasteiger partial charge in [-0.1, -0.05) is 87.4 Å². The summed E-state index contributed by atoms with van der Waals surface area (Å²) in [6.45, 7) is 6.32. The van der Waals surface area contributed by atoms with Gasteiger partial charge in [0, 0.05) is 5.56 Å². The zero-order valence-electron chi connectivity index (χ0n) is 15.1. The van der Waals surface area contributed by atoms with Gasteiger partial charge in [-0.15, -0.1) is 0 Å². The van der Waals surface area contributed by atoms with Crippen LogP contribution in [0.15, 0.2) is 61.2 Å². The van der Waals surface area contributed by atoms with Crippen LogP contribution in [0.25, 0.3) is 5.57 Å². The van der Waals surface area contributed by atoms with Gasteiger partial charge in [-0.25, -0.2) is 0 Å². The fourth-order valence-electron chi connectivity index (χ4n) is 2.82. The summed E-state index contributed by atoms with van der Waals surface area (Å²) in [5.74, 6) is -0.156. The van der Waals surface area contributed by atoms with E-state index in [1.165, 1.54) is 12.0 Å². The molecule has 2 heteroatoms. The summed E-state index contributed by atoms with van der Waals surface area (Å²) >= 11 is 0. The van der Waals surface area contributed by atoms with E-state index in [0.29, 0.717) is 12.0 Å². The predicted molar refractivity (Wildman–Crippen MR) is 106 cm³/mol. The predicted octanol–water partition coefficient (Wildman–Crippen LogP) is 6.12. The molecule has 0 fully saturated rings. The molecule has 0 unspecified atom stereocenters. The first kappa shape index (κ1) is 18.9. The summed E-state index contributed by atoms with van der Waals surface area (Å²) < 4.78 is 0. The zero-order chi connectivity index (χ0) is 18.1. The standard InChI is InChI=1S/C23H27NO/c1-3-4-5-9-12-22(24)23(25)21-15-13-20(14-16-21)18(2)17-19-10-7-6-8-11-19/h6-8,10-11,13-16,24H,2-5,9,12,17H2,1H3. The Hall–Kier alpha value is -2.48. The topological polar surface area (TPSA) is 40.9 Å². The second kappa shape index (κ2) is 9.73. The Balaban J connectivity index is 1.93. The third-order valence-electron chi connectivity index (χ3n) is 4.37. The fourth-order valence-corrected chi connectivity index (χ4v) is 2.82. The molecular formula is C23H27NO. The molecule has 0 heterocycles. The van der Waals surface area contributed by atoms with Gasteiger partial charge in [0.1, 0.15) is 0 Å². The third-order valence-corrected chi connectivity index (χ3v) is 4.37. The van der Waals surface area contributed by atoms with Crippen LogP contribution in [0.5, 0.6) is 0 Å². The van der Waals surface area contributed by atoms with Crippen molar-refractivity contribution in [2.45, 2.75) is 45.4 Å². The minimum absolute atomic E-state index is 0.156. The molecule has 0 spiro atoms. The molecule has 0 saturated carbocycles. The normalized spacial score (nSPS) is 10.4. The van der Waals surface area contributed by atoms with Gasteiger partial charge >= 0.3 is 0 Å². The van der Waals surface area contributed by atoms with Crippen molar-refractivity contribution in [3.63, 3.8) is 0 Å². The maximum absolute atomic E-state index is 12.3. The lowest BCUT2D eigenvalue weighted by atomic mass is 9.96. The largest absolute Gasteiger partial charge is 0.301 e. The number of ketones is 1. The fraction of sp³-hybridized carbons (Fsp3) is 0.304. The molecule has 130 valence electrons. The molecule has 0 radical (unpaired) electrons. The first-order chi connectivity index (χ1) is 12.1. The van der Waals surface area contributed by atoms with Gasteiger partial charge < -0.3 is 5.41 Å². The van der Waals surface area contributed by atoms with E-state index in [1.54, 1.807) is 0 Å². The maximum atomic E-state index is 12.3. The molecular weight excluding hydrogens is 306 g/mol. The molecule has 0 aliphatic rings. The number of benzene rings is 2. The number of rotatable bonds is 10. The SMILES string of the molecule is C=C(Cc1ccccc1)c1ccc(C(=O)C(=N)CCCCCC)cc1. The van der Waals surface area contributed by atoms with Crippen LogP contribution < -0.4 is 0 Å². The van der Waals surface area contributed by atoms with Crippen LogP contribution in [0, 0.1) is 5.41 Å². The molecule has 2 aromatic carbocycles. The number of carbonyl (C=O) groups is 1. The van der Waals surface area contributed by atoms with Crippen molar-refractivity contribution >= 4 is 17.1 Å². The van der Waals surface area contributed by atoms with E-state index in [2.05, 4.69) is 25.6 Å². The molecule has 0 saturated heterocycles. The van der Waals surface area contributed by atoms with E-state index in [4.69, 9.17) is 5.41 Å². The maximum Gasteiger partial charge on any atom is 0.206 e. The first-order valence-electron chi connectivity index (χ1n) is 9.06. The van der Waals surface area contributed by atoms with Crippen molar-refractivity contribution in [1.29, 1.82) is 5.41 Å². The van der Waals surface area contributed by atoms with Gasteiger partial charge in [-0.2, -0.15) is 0 Å². The lowest BCUT2D eigenvalue weighted by Crippen LogP contribution is -2.13. The third kappa shape index (κ3) is 5.82. The molecule has 0 aliphatic carbocycles. The number of unbranched alkanes of at least 4 members (excludes halogenated alkanes) is 3. The number of hydrogen-bond acceptors (Lipinski definition) is 2. The van der Waals surface area contributed by atoms with Gasteiger partial charge in [0.25, 0.3) is 0 Å². The molecule has 0 atom stereocenters. The lowest BCUT2D eigenvalue weighted by molar-refractivity contribution is 0.106. The summed E-state index contributed by atoms with van der Waals surface area (Å²) in [4.78, 5) is 12.3. The smallest absolute Gasteiger partial charge is 0.206 e. The molecule has 1 N–H and O–H groups in total. The zero-order valence-corrected chi connectivity index (χ0v) is 15.1. The van der Waals surface area contributed by atoms with Crippen molar-refractivity contribution in [3.8, 4) is 0 Å². The quantitative estimate of drug-likeness (QED) is 0.318. The highest BCUT2D eigenvalue weighted by Crippen LogP contribution is 2.19. The van der Waals surface area contributed by atoms with E-state index < -0.39 is 0 Å². The van der Waals surface area contributed by atoms with E-state index in [1.807, 2.05) is 42.5 Å². The Labute approximate surface area is 151 Å². The molecule has 0 aliphatic heterocycles. The van der Waals surface area contributed by atoms with Crippen LogP contribution in [-0.4, -0.2) is 11.5 Å². The van der Waals surface area contributed by atoms with Crippen molar-refractivity contribution in [2.24, 2.45) is 0 Å². The Bertz CT molecular complexity index is 714. The summed E-state index contributed by atoms with van der Waals surface area (Å²) in [5.41, 5.74) is 4.10. The second-order valence-electron chi connectivity index (χ2n) is 6.46. The highest BCUT2D eigenvalue weighted by Gasteiger charge is 2.12. The Morgan fingerprint density at radius 3 is 2.20 bits per heavy atom. The Morgan fingerprint density at radius 1 is 0.920 bits per heavy atom. The summed E-state index contributed by atoms with van der Waals surface area (Å²) in [6.07, 6.45) is 5.70. The Kier molecular flexibility index (Phi) is 7.34. The van der Waals surface area contributed by atoms with Crippen molar-refractivity contribution < 1.29 is 4.79 Å². The summed E-state index contributed by atoms with van der Waals surface area (Å²) in [6, 6.07) is 17.7. The number of Topliss-reactive ketones (excluding diaryl/α,β-unsaturated/α-hetero) is 1.